The van der Waals surface area contributed by atoms with Gasteiger partial charge >= 0.3 is 0 Å². The van der Waals surface area contributed by atoms with Gasteiger partial charge in [0.15, 0.2) is 0 Å². The maximum absolute atomic E-state index is 3.78. The molecule has 0 aromatic carbocycles. The number of tetrazole rings is 1. The number of nitrogens with zero attached hydrogens (tertiary/aromatic N) is 4. The number of aryl methyl sites for hydroxylation is 1. The molecule has 1 rings (SSSR count). The first-order valence-corrected chi connectivity index (χ1v) is 4.07. The van der Waals surface area contributed by atoms with E-state index in [2.05, 4.69) is 28.7 Å². The third-order valence-corrected chi connectivity index (χ3v) is 1.56. The number of rotatable bonds is 5. The van der Waals surface area contributed by atoms with E-state index in [9.17, 15) is 0 Å². The van der Waals surface area contributed by atoms with Gasteiger partial charge in [-0.15, -0.1) is 10.2 Å². The summed E-state index contributed by atoms with van der Waals surface area (Å²) in [6.45, 7) is 3.07. The van der Waals surface area contributed by atoms with Gasteiger partial charge in [0.25, 0.3) is 0 Å². The summed E-state index contributed by atoms with van der Waals surface area (Å²) in [6.07, 6.45) is 7.36. The molecule has 1 radical (unpaired) electrons. The lowest BCUT2D eigenvalue weighted by atomic mass is 10.2. The Balaban J connectivity index is 2.04. The topological polar surface area (TPSA) is 43.6 Å². The van der Waals surface area contributed by atoms with Crippen LogP contribution in [-0.4, -0.2) is 20.2 Å². The van der Waals surface area contributed by atoms with Gasteiger partial charge in [-0.05, 0) is 11.6 Å². The molecule has 4 nitrogen and oxygen atoms in total. The first-order chi connectivity index (χ1) is 5.43. The summed E-state index contributed by atoms with van der Waals surface area (Å²) >= 11 is 0. The number of hydrogen-bond donors (Lipinski definition) is 0. The molecule has 0 saturated heterocycles. The van der Waals surface area contributed by atoms with Crippen molar-refractivity contribution in [2.45, 2.75) is 39.2 Å². The molecule has 0 amide bonds. The van der Waals surface area contributed by atoms with Crippen LogP contribution in [0.3, 0.4) is 0 Å². The van der Waals surface area contributed by atoms with E-state index in [0.717, 1.165) is 13.0 Å². The molecule has 1 heterocycles. The van der Waals surface area contributed by atoms with E-state index >= 15 is 0 Å². The second-order valence-corrected chi connectivity index (χ2v) is 2.55. The Morgan fingerprint density at radius 1 is 1.27 bits per heavy atom. The van der Waals surface area contributed by atoms with Crippen LogP contribution in [0, 0.1) is 6.33 Å². The lowest BCUT2D eigenvalue weighted by molar-refractivity contribution is 0.480. The van der Waals surface area contributed by atoms with E-state index in [1.165, 1.54) is 19.3 Å². The average Bonchev–Trinajstić information content (AvgIpc) is 2.50. The zero-order chi connectivity index (χ0) is 7.94. The number of aromatic nitrogens is 4. The molecule has 61 valence electrons. The highest BCUT2D eigenvalue weighted by molar-refractivity contribution is 4.41. The second-order valence-electron chi connectivity index (χ2n) is 2.55. The summed E-state index contributed by atoms with van der Waals surface area (Å²) in [5.74, 6) is 0. The summed E-state index contributed by atoms with van der Waals surface area (Å²) in [4.78, 5) is 1.58. The summed E-state index contributed by atoms with van der Waals surface area (Å²) in [7, 11) is 0. The summed E-state index contributed by atoms with van der Waals surface area (Å²) in [5, 5.41) is 11.0. The Bertz CT molecular complexity index is 171. The van der Waals surface area contributed by atoms with E-state index in [0.29, 0.717) is 0 Å². The predicted molar refractivity (Wildman–Crippen MR) is 40.8 cm³/mol. The highest BCUT2D eigenvalue weighted by Crippen LogP contribution is 1.99. The minimum atomic E-state index is 0.872. The monoisotopic (exact) mass is 153 g/mol. The molecule has 1 aromatic rings. The first-order valence-electron chi connectivity index (χ1n) is 4.07. The molecule has 0 aliphatic rings. The van der Waals surface area contributed by atoms with Crippen molar-refractivity contribution in [2.24, 2.45) is 0 Å². The molecular formula is C7H13N4. The number of hydrogen-bond acceptors (Lipinski definition) is 3. The van der Waals surface area contributed by atoms with Crippen molar-refractivity contribution in [1.29, 1.82) is 0 Å². The van der Waals surface area contributed by atoms with Crippen LogP contribution in [0.5, 0.6) is 0 Å². The SMILES string of the molecule is CCCCCCn1n[c]nn1. The first kappa shape index (κ1) is 8.17. The third-order valence-electron chi connectivity index (χ3n) is 1.56. The van der Waals surface area contributed by atoms with Gasteiger partial charge in [-0.1, -0.05) is 26.2 Å². The largest absolute Gasteiger partial charge is 0.245 e. The lowest BCUT2D eigenvalue weighted by Gasteiger charge is -1.96. The van der Waals surface area contributed by atoms with Crippen LogP contribution >= 0.6 is 0 Å². The van der Waals surface area contributed by atoms with Crippen molar-refractivity contribution in [3.05, 3.63) is 6.33 Å². The molecule has 0 saturated carbocycles. The highest BCUT2D eigenvalue weighted by Gasteiger charge is 1.92. The third kappa shape index (κ3) is 3.11. The van der Waals surface area contributed by atoms with E-state index in [4.69, 9.17) is 0 Å². The molecule has 11 heavy (non-hydrogen) atoms. The Morgan fingerprint density at radius 3 is 2.82 bits per heavy atom. The van der Waals surface area contributed by atoms with Gasteiger partial charge in [0.2, 0.25) is 6.33 Å². The fourth-order valence-electron chi connectivity index (χ4n) is 0.938. The van der Waals surface area contributed by atoms with E-state index in [1.807, 2.05) is 0 Å². The molecule has 0 aliphatic carbocycles. The molecule has 4 heteroatoms. The van der Waals surface area contributed by atoms with Crippen molar-refractivity contribution in [2.75, 3.05) is 0 Å². The quantitative estimate of drug-likeness (QED) is 0.594. The summed E-state index contributed by atoms with van der Waals surface area (Å²) in [5.41, 5.74) is 0. The van der Waals surface area contributed by atoms with Crippen LogP contribution in [-0.2, 0) is 6.54 Å². The predicted octanol–water partition coefficient (Wildman–Crippen LogP) is 1.05. The van der Waals surface area contributed by atoms with Crippen molar-refractivity contribution >= 4 is 0 Å². The van der Waals surface area contributed by atoms with Crippen LogP contribution < -0.4 is 0 Å². The van der Waals surface area contributed by atoms with Crippen LogP contribution in [0.4, 0.5) is 0 Å². The maximum atomic E-state index is 3.78. The normalized spacial score (nSPS) is 10.3. The molecule has 0 aliphatic heterocycles. The van der Waals surface area contributed by atoms with Crippen LogP contribution in [0.15, 0.2) is 0 Å². The van der Waals surface area contributed by atoms with Crippen LogP contribution in [0.1, 0.15) is 32.6 Å². The average molecular weight is 153 g/mol. The Labute approximate surface area is 66.6 Å². The summed E-state index contributed by atoms with van der Waals surface area (Å²) < 4.78 is 0. The van der Waals surface area contributed by atoms with Gasteiger partial charge in [0.1, 0.15) is 0 Å². The second kappa shape index (κ2) is 4.82. The van der Waals surface area contributed by atoms with Gasteiger partial charge in [0.05, 0.1) is 6.54 Å². The minimum absolute atomic E-state index is 0.872. The standard InChI is InChI=1S/C7H13N4/c1-2-3-4-5-6-11-9-7-8-10-11/h2-6H2,1H3. The molecule has 0 fully saturated rings. The van der Waals surface area contributed by atoms with E-state index in [-0.39, 0.29) is 0 Å². The van der Waals surface area contributed by atoms with Gasteiger partial charge in [-0.25, -0.2) is 0 Å². The Hall–Kier alpha value is -0.930. The van der Waals surface area contributed by atoms with E-state index < -0.39 is 0 Å². The van der Waals surface area contributed by atoms with Crippen LogP contribution in [0.2, 0.25) is 0 Å². The van der Waals surface area contributed by atoms with Crippen molar-refractivity contribution in [3.63, 3.8) is 0 Å². The molecule has 0 unspecified atom stereocenters. The van der Waals surface area contributed by atoms with Crippen molar-refractivity contribution in [1.82, 2.24) is 20.2 Å². The molecular weight excluding hydrogens is 140 g/mol. The molecule has 0 spiro atoms. The zero-order valence-electron chi connectivity index (χ0n) is 6.82. The maximum Gasteiger partial charge on any atom is 0.245 e. The lowest BCUT2D eigenvalue weighted by Crippen LogP contribution is -2.02. The van der Waals surface area contributed by atoms with Gasteiger partial charge in [-0.3, -0.25) is 0 Å². The molecule has 0 bridgehead atoms. The smallest absolute Gasteiger partial charge is 0.164 e. The fraction of sp³-hybridized carbons (Fsp3) is 0.857. The van der Waals surface area contributed by atoms with Gasteiger partial charge < -0.3 is 0 Å². The fourth-order valence-corrected chi connectivity index (χ4v) is 0.938. The highest BCUT2D eigenvalue weighted by atomic mass is 15.6. The zero-order valence-corrected chi connectivity index (χ0v) is 6.82. The van der Waals surface area contributed by atoms with Crippen LogP contribution in [0.25, 0.3) is 0 Å². The van der Waals surface area contributed by atoms with Gasteiger partial charge in [-0.2, -0.15) is 4.80 Å². The van der Waals surface area contributed by atoms with Crippen molar-refractivity contribution in [3.8, 4) is 0 Å². The van der Waals surface area contributed by atoms with Gasteiger partial charge in [0, 0.05) is 0 Å². The Kier molecular flexibility index (Phi) is 3.58. The Morgan fingerprint density at radius 2 is 2.18 bits per heavy atom. The molecule has 0 N–H and O–H groups in total. The minimum Gasteiger partial charge on any atom is -0.164 e. The number of unbranched alkanes of at least 4 members (excludes halogenated alkanes) is 3. The van der Waals surface area contributed by atoms with E-state index in [1.54, 1.807) is 4.80 Å². The van der Waals surface area contributed by atoms with Crippen molar-refractivity contribution < 1.29 is 0 Å². The molecule has 1 aromatic heterocycles. The summed E-state index contributed by atoms with van der Waals surface area (Å²) in [6, 6.07) is 0. The molecule has 0 atom stereocenters.